The molecular formula is C14H15N3O4. The summed E-state index contributed by atoms with van der Waals surface area (Å²) < 4.78 is 7.22. The van der Waals surface area contributed by atoms with Gasteiger partial charge in [0.15, 0.2) is 5.75 Å². The molecule has 0 unspecified atom stereocenters. The molecule has 110 valence electrons. The standard InChI is InChI=1S/C14H15N3O4/c1-10(2)16-6-5-12(15-16)9-21-14-7-11(8-18)3-4-13(14)17(19)20/h3-8,10H,9H2,1-2H3. The van der Waals surface area contributed by atoms with E-state index in [1.807, 2.05) is 20.0 Å². The van der Waals surface area contributed by atoms with Crippen molar-refractivity contribution >= 4 is 12.0 Å². The highest BCUT2D eigenvalue weighted by Gasteiger charge is 2.16. The number of aldehydes is 1. The molecule has 0 aliphatic rings. The van der Waals surface area contributed by atoms with E-state index in [9.17, 15) is 14.9 Å². The summed E-state index contributed by atoms with van der Waals surface area (Å²) in [6.07, 6.45) is 2.43. The molecule has 1 heterocycles. The first-order chi connectivity index (χ1) is 10.0. The van der Waals surface area contributed by atoms with E-state index < -0.39 is 4.92 Å². The first-order valence-corrected chi connectivity index (χ1v) is 6.41. The summed E-state index contributed by atoms with van der Waals surface area (Å²) in [6.45, 7) is 4.09. The van der Waals surface area contributed by atoms with Gasteiger partial charge in [0.25, 0.3) is 0 Å². The molecule has 0 saturated heterocycles. The largest absolute Gasteiger partial charge is 0.480 e. The Morgan fingerprint density at radius 3 is 2.76 bits per heavy atom. The molecule has 0 amide bonds. The number of carbonyl (C=O) groups is 1. The Balaban J connectivity index is 2.17. The van der Waals surface area contributed by atoms with Crippen LogP contribution in [0.1, 0.15) is 35.9 Å². The van der Waals surface area contributed by atoms with E-state index in [1.165, 1.54) is 18.2 Å². The van der Waals surface area contributed by atoms with Crippen LogP contribution in [0.15, 0.2) is 30.5 Å². The molecule has 0 saturated carbocycles. The molecule has 0 bridgehead atoms. The van der Waals surface area contributed by atoms with Crippen molar-refractivity contribution in [1.29, 1.82) is 0 Å². The van der Waals surface area contributed by atoms with Crippen molar-refractivity contribution in [1.82, 2.24) is 9.78 Å². The van der Waals surface area contributed by atoms with Crippen LogP contribution >= 0.6 is 0 Å². The smallest absolute Gasteiger partial charge is 0.310 e. The van der Waals surface area contributed by atoms with Crippen LogP contribution in [0.25, 0.3) is 0 Å². The van der Waals surface area contributed by atoms with Gasteiger partial charge >= 0.3 is 5.69 Å². The van der Waals surface area contributed by atoms with Crippen molar-refractivity contribution in [2.45, 2.75) is 26.5 Å². The van der Waals surface area contributed by atoms with Gasteiger partial charge in [0.1, 0.15) is 12.9 Å². The molecule has 21 heavy (non-hydrogen) atoms. The molecule has 7 heteroatoms. The van der Waals surface area contributed by atoms with Crippen molar-refractivity contribution in [2.24, 2.45) is 0 Å². The lowest BCUT2D eigenvalue weighted by molar-refractivity contribution is -0.385. The molecule has 1 aromatic heterocycles. The predicted molar refractivity (Wildman–Crippen MR) is 75.4 cm³/mol. The minimum Gasteiger partial charge on any atom is -0.480 e. The third-order valence-corrected chi connectivity index (χ3v) is 2.88. The van der Waals surface area contributed by atoms with Crippen LogP contribution in [-0.2, 0) is 6.61 Å². The van der Waals surface area contributed by atoms with Crippen molar-refractivity contribution in [3.8, 4) is 5.75 Å². The number of benzene rings is 1. The van der Waals surface area contributed by atoms with E-state index in [1.54, 1.807) is 10.7 Å². The summed E-state index contributed by atoms with van der Waals surface area (Å²) in [4.78, 5) is 21.1. The number of nitro benzene ring substituents is 1. The van der Waals surface area contributed by atoms with Gasteiger partial charge in [-0.25, -0.2) is 0 Å². The summed E-state index contributed by atoms with van der Waals surface area (Å²) in [5.74, 6) is 0.0590. The molecule has 0 spiro atoms. The number of hydrogen-bond acceptors (Lipinski definition) is 5. The Hall–Kier alpha value is -2.70. The maximum Gasteiger partial charge on any atom is 0.310 e. The van der Waals surface area contributed by atoms with E-state index in [-0.39, 0.29) is 24.1 Å². The summed E-state index contributed by atoms with van der Waals surface area (Å²) >= 11 is 0. The lowest BCUT2D eigenvalue weighted by Crippen LogP contribution is -2.04. The van der Waals surface area contributed by atoms with Gasteiger partial charge in [0.05, 0.1) is 10.6 Å². The highest BCUT2D eigenvalue weighted by molar-refractivity contribution is 5.76. The molecule has 0 aliphatic heterocycles. The minimum absolute atomic E-state index is 0.0590. The normalized spacial score (nSPS) is 10.6. The molecular weight excluding hydrogens is 274 g/mol. The fourth-order valence-electron chi connectivity index (χ4n) is 1.76. The maximum atomic E-state index is 10.9. The lowest BCUT2D eigenvalue weighted by atomic mass is 10.2. The number of aromatic nitrogens is 2. The summed E-state index contributed by atoms with van der Waals surface area (Å²) in [7, 11) is 0. The van der Waals surface area contributed by atoms with Gasteiger partial charge in [-0.05, 0) is 32.0 Å². The van der Waals surface area contributed by atoms with E-state index in [0.29, 0.717) is 17.5 Å². The third-order valence-electron chi connectivity index (χ3n) is 2.88. The van der Waals surface area contributed by atoms with Crippen LogP contribution in [0.2, 0.25) is 0 Å². The molecule has 1 aromatic carbocycles. The number of nitro groups is 1. The van der Waals surface area contributed by atoms with Gasteiger partial charge in [-0.2, -0.15) is 5.10 Å². The van der Waals surface area contributed by atoms with E-state index in [0.717, 1.165) is 0 Å². The van der Waals surface area contributed by atoms with Crippen LogP contribution < -0.4 is 4.74 Å². The highest BCUT2D eigenvalue weighted by Crippen LogP contribution is 2.28. The average Bonchev–Trinajstić information content (AvgIpc) is 2.93. The highest BCUT2D eigenvalue weighted by atomic mass is 16.6. The zero-order chi connectivity index (χ0) is 15.4. The molecule has 7 nitrogen and oxygen atoms in total. The second kappa shape index (κ2) is 6.17. The van der Waals surface area contributed by atoms with E-state index >= 15 is 0 Å². The zero-order valence-corrected chi connectivity index (χ0v) is 11.7. The Morgan fingerprint density at radius 2 is 2.19 bits per heavy atom. The fraction of sp³-hybridized carbons (Fsp3) is 0.286. The molecule has 0 fully saturated rings. The van der Waals surface area contributed by atoms with Crippen molar-refractivity contribution in [2.75, 3.05) is 0 Å². The van der Waals surface area contributed by atoms with Gasteiger partial charge in [-0.1, -0.05) is 0 Å². The summed E-state index contributed by atoms with van der Waals surface area (Å²) in [5.41, 5.74) is 0.807. The molecule has 0 radical (unpaired) electrons. The van der Waals surface area contributed by atoms with Crippen LogP contribution in [0.3, 0.4) is 0 Å². The van der Waals surface area contributed by atoms with Gasteiger partial charge in [0.2, 0.25) is 0 Å². The van der Waals surface area contributed by atoms with Crippen LogP contribution in [0.5, 0.6) is 5.75 Å². The Kier molecular flexibility index (Phi) is 4.32. The molecule has 0 aliphatic carbocycles. The van der Waals surface area contributed by atoms with Crippen molar-refractivity contribution < 1.29 is 14.5 Å². The van der Waals surface area contributed by atoms with Crippen LogP contribution in [0.4, 0.5) is 5.69 Å². The van der Waals surface area contributed by atoms with Gasteiger partial charge in [-0.3, -0.25) is 19.6 Å². The fourth-order valence-corrected chi connectivity index (χ4v) is 1.76. The van der Waals surface area contributed by atoms with Gasteiger partial charge < -0.3 is 4.74 Å². The van der Waals surface area contributed by atoms with Gasteiger partial charge in [0, 0.05) is 23.9 Å². The molecule has 0 N–H and O–H groups in total. The average molecular weight is 289 g/mol. The molecule has 2 rings (SSSR count). The lowest BCUT2D eigenvalue weighted by Gasteiger charge is -2.06. The number of rotatable bonds is 6. The second-order valence-electron chi connectivity index (χ2n) is 4.77. The quantitative estimate of drug-likeness (QED) is 0.463. The van der Waals surface area contributed by atoms with Gasteiger partial charge in [-0.15, -0.1) is 0 Å². The van der Waals surface area contributed by atoms with E-state index in [4.69, 9.17) is 4.74 Å². The molecule has 2 aromatic rings. The summed E-state index contributed by atoms with van der Waals surface area (Å²) in [6, 6.07) is 6.00. The first kappa shape index (κ1) is 14.7. The van der Waals surface area contributed by atoms with Crippen LogP contribution in [-0.4, -0.2) is 21.0 Å². The third kappa shape index (κ3) is 3.44. The SMILES string of the molecule is CC(C)n1ccc(COc2cc(C=O)ccc2[N+](=O)[O-])n1. The maximum absolute atomic E-state index is 10.9. The van der Waals surface area contributed by atoms with Crippen molar-refractivity contribution in [3.63, 3.8) is 0 Å². The van der Waals surface area contributed by atoms with E-state index in [2.05, 4.69) is 5.10 Å². The van der Waals surface area contributed by atoms with Crippen LogP contribution in [0, 0.1) is 10.1 Å². The number of hydrogen-bond donors (Lipinski definition) is 0. The Bertz CT molecular complexity index is 664. The second-order valence-corrected chi connectivity index (χ2v) is 4.77. The minimum atomic E-state index is -0.545. The zero-order valence-electron chi connectivity index (χ0n) is 11.7. The first-order valence-electron chi connectivity index (χ1n) is 6.41. The summed E-state index contributed by atoms with van der Waals surface area (Å²) in [5, 5.41) is 15.2. The monoisotopic (exact) mass is 289 g/mol. The number of carbonyl (C=O) groups excluding carboxylic acids is 1. The Morgan fingerprint density at radius 1 is 1.43 bits per heavy atom. The molecule has 0 atom stereocenters. The Labute approximate surface area is 121 Å². The van der Waals surface area contributed by atoms with Crippen molar-refractivity contribution in [3.05, 3.63) is 51.8 Å². The topological polar surface area (TPSA) is 87.3 Å². The number of nitrogens with zero attached hydrogens (tertiary/aromatic N) is 3. The number of ether oxygens (including phenoxy) is 1. The predicted octanol–water partition coefficient (Wildman–Crippen LogP) is 2.76.